The van der Waals surface area contributed by atoms with Gasteiger partial charge in [0, 0.05) is 0 Å². The van der Waals surface area contributed by atoms with Gasteiger partial charge in [0.1, 0.15) is 0 Å². The summed E-state index contributed by atoms with van der Waals surface area (Å²) in [4.78, 5) is 0. The van der Waals surface area contributed by atoms with Crippen LogP contribution in [0.4, 0.5) is 0 Å². The second-order valence-corrected chi connectivity index (χ2v) is 17.0. The SMILES string of the molecule is CC(C)(C)CC(C)(C)CC(C)(CC(C)(C)CC(C)(C)C)CC(C)(C)CC(C)(C)C. The van der Waals surface area contributed by atoms with E-state index in [4.69, 9.17) is 0 Å². The number of hydrogen-bond acceptors (Lipinski definition) is 0. The summed E-state index contributed by atoms with van der Waals surface area (Å²) in [6.45, 7) is 39.3. The molecule has 0 aliphatic carbocycles. The normalized spacial score (nSPS) is 15.7. The Hall–Kier alpha value is 0. The maximum atomic E-state index is 2.62. The van der Waals surface area contributed by atoms with Crippen molar-refractivity contribution >= 4 is 0 Å². The van der Waals surface area contributed by atoms with E-state index in [0.29, 0.717) is 37.9 Å². The fourth-order valence-electron chi connectivity index (χ4n) is 8.15. The second-order valence-electron chi connectivity index (χ2n) is 17.0. The van der Waals surface area contributed by atoms with Crippen molar-refractivity contribution in [3.8, 4) is 0 Å². The van der Waals surface area contributed by atoms with Crippen LogP contribution in [-0.2, 0) is 0 Å². The fraction of sp³-hybridized carbons (Fsp3) is 1.00. The van der Waals surface area contributed by atoms with Gasteiger partial charge in [0.2, 0.25) is 0 Å². The summed E-state index contributed by atoms with van der Waals surface area (Å²) in [6.07, 6.45) is 7.81. The van der Waals surface area contributed by atoms with Gasteiger partial charge in [-0.25, -0.2) is 0 Å². The van der Waals surface area contributed by atoms with Gasteiger partial charge in [-0.2, -0.15) is 0 Å². The lowest BCUT2D eigenvalue weighted by atomic mass is 9.56. The molecule has 29 heavy (non-hydrogen) atoms. The Morgan fingerprint density at radius 3 is 0.586 bits per heavy atom. The Kier molecular flexibility index (Phi) is 8.86. The minimum absolute atomic E-state index is 0.359. The highest BCUT2D eigenvalue weighted by Crippen LogP contribution is 2.54. The zero-order chi connectivity index (χ0) is 23.7. The molecule has 176 valence electrons. The predicted molar refractivity (Wildman–Crippen MR) is 136 cm³/mol. The molecule has 0 heteroatoms. The summed E-state index contributed by atoms with van der Waals surface area (Å²) in [7, 11) is 0. The molecule has 0 aromatic carbocycles. The van der Waals surface area contributed by atoms with E-state index in [1.165, 1.54) is 38.5 Å². The van der Waals surface area contributed by atoms with Crippen molar-refractivity contribution < 1.29 is 0 Å². The second kappa shape index (κ2) is 8.86. The first-order valence-electron chi connectivity index (χ1n) is 12.2. The zero-order valence-corrected chi connectivity index (χ0v) is 23.7. The van der Waals surface area contributed by atoms with Gasteiger partial charge in [0.15, 0.2) is 0 Å². The van der Waals surface area contributed by atoms with Crippen molar-refractivity contribution in [2.45, 2.75) is 149 Å². The zero-order valence-electron chi connectivity index (χ0n) is 23.7. The summed E-state index contributed by atoms with van der Waals surface area (Å²) >= 11 is 0. The van der Waals surface area contributed by atoms with Crippen LogP contribution in [0.15, 0.2) is 0 Å². The monoisotopic (exact) mass is 408 g/mol. The first-order chi connectivity index (χ1) is 12.2. The summed E-state index contributed by atoms with van der Waals surface area (Å²) in [5.41, 5.74) is 2.59. The van der Waals surface area contributed by atoms with Crippen molar-refractivity contribution in [3.05, 3.63) is 0 Å². The van der Waals surface area contributed by atoms with Gasteiger partial charge >= 0.3 is 0 Å². The van der Waals surface area contributed by atoms with E-state index in [1.807, 2.05) is 0 Å². The summed E-state index contributed by atoms with van der Waals surface area (Å²) < 4.78 is 0. The minimum Gasteiger partial charge on any atom is -0.0602 e. The van der Waals surface area contributed by atoms with Crippen LogP contribution in [-0.4, -0.2) is 0 Å². The Balaban J connectivity index is 5.85. The van der Waals surface area contributed by atoms with E-state index in [0.717, 1.165) is 0 Å². The maximum Gasteiger partial charge on any atom is -0.0311 e. The number of rotatable bonds is 9. The molecule has 0 amide bonds. The molecule has 0 unspecified atom stereocenters. The van der Waals surface area contributed by atoms with Crippen LogP contribution in [0.25, 0.3) is 0 Å². The molecule has 0 aromatic rings. The minimum atomic E-state index is 0.359. The first-order valence-corrected chi connectivity index (χ1v) is 12.2. The predicted octanol–water partition coefficient (Wildman–Crippen LogP) is 10.6. The highest BCUT2D eigenvalue weighted by Gasteiger charge is 2.43. The van der Waals surface area contributed by atoms with Crippen LogP contribution in [0.3, 0.4) is 0 Å². The fourth-order valence-corrected chi connectivity index (χ4v) is 8.15. The van der Waals surface area contributed by atoms with Gasteiger partial charge in [-0.3, -0.25) is 0 Å². The lowest BCUT2D eigenvalue weighted by Crippen LogP contribution is -2.38. The van der Waals surface area contributed by atoms with Crippen LogP contribution in [0.1, 0.15) is 149 Å². The molecule has 0 aromatic heterocycles. The van der Waals surface area contributed by atoms with Crippen LogP contribution >= 0.6 is 0 Å². The third-order valence-corrected chi connectivity index (χ3v) is 5.74. The molecule has 0 spiro atoms. The summed E-state index contributed by atoms with van der Waals surface area (Å²) in [5.74, 6) is 0. The third kappa shape index (κ3) is 14.6. The topological polar surface area (TPSA) is 0 Å². The molecule has 0 bridgehead atoms. The van der Waals surface area contributed by atoms with Crippen molar-refractivity contribution in [2.24, 2.45) is 37.9 Å². The molecular weight excluding hydrogens is 348 g/mol. The average molecular weight is 409 g/mol. The Bertz CT molecular complexity index is 420. The Labute approximate surface area is 187 Å². The van der Waals surface area contributed by atoms with Gasteiger partial charge in [-0.05, 0) is 76.4 Å². The van der Waals surface area contributed by atoms with Gasteiger partial charge in [-0.15, -0.1) is 0 Å². The summed E-state index contributed by atoms with van der Waals surface area (Å²) in [6, 6.07) is 0. The molecular formula is C29H60. The van der Waals surface area contributed by atoms with Gasteiger partial charge in [0.25, 0.3) is 0 Å². The molecule has 0 fully saturated rings. The number of hydrogen-bond donors (Lipinski definition) is 0. The highest BCUT2D eigenvalue weighted by atomic mass is 14.5. The average Bonchev–Trinajstić information content (AvgIpc) is 2.10. The third-order valence-electron chi connectivity index (χ3n) is 5.74. The van der Waals surface area contributed by atoms with Crippen LogP contribution in [0.5, 0.6) is 0 Å². The van der Waals surface area contributed by atoms with E-state index in [1.54, 1.807) is 0 Å². The molecule has 0 saturated carbocycles. The van der Waals surface area contributed by atoms with E-state index < -0.39 is 0 Å². The molecule has 0 nitrogen and oxygen atoms in total. The lowest BCUT2D eigenvalue weighted by molar-refractivity contribution is 0.0208. The molecule has 0 rings (SSSR count). The Morgan fingerprint density at radius 2 is 0.448 bits per heavy atom. The quantitative estimate of drug-likeness (QED) is 0.356. The van der Waals surface area contributed by atoms with Crippen molar-refractivity contribution in [1.29, 1.82) is 0 Å². The lowest BCUT2D eigenvalue weighted by Gasteiger charge is -2.49. The first kappa shape index (κ1) is 29.0. The molecule has 0 saturated heterocycles. The van der Waals surface area contributed by atoms with Gasteiger partial charge < -0.3 is 0 Å². The van der Waals surface area contributed by atoms with Crippen LogP contribution in [0.2, 0.25) is 0 Å². The smallest absolute Gasteiger partial charge is 0.0311 e. The van der Waals surface area contributed by atoms with Crippen molar-refractivity contribution in [2.75, 3.05) is 0 Å². The Morgan fingerprint density at radius 1 is 0.276 bits per heavy atom. The molecule has 0 aliphatic rings. The van der Waals surface area contributed by atoms with Gasteiger partial charge in [0.05, 0.1) is 0 Å². The van der Waals surface area contributed by atoms with Crippen molar-refractivity contribution in [1.82, 2.24) is 0 Å². The van der Waals surface area contributed by atoms with E-state index in [-0.39, 0.29) is 0 Å². The van der Waals surface area contributed by atoms with E-state index in [9.17, 15) is 0 Å². The standard InChI is InChI=1S/C29H60/c1-23(2,3)17-26(10,11)20-29(16,21-27(12,13)18-24(4,5)6)22-28(14,15)19-25(7,8)9/h17-22H2,1-16H3. The largest absolute Gasteiger partial charge is 0.0602 e. The maximum absolute atomic E-state index is 2.62. The molecule has 0 atom stereocenters. The van der Waals surface area contributed by atoms with Crippen molar-refractivity contribution in [3.63, 3.8) is 0 Å². The van der Waals surface area contributed by atoms with E-state index >= 15 is 0 Å². The van der Waals surface area contributed by atoms with Crippen LogP contribution < -0.4 is 0 Å². The summed E-state index contributed by atoms with van der Waals surface area (Å²) in [5, 5.41) is 0. The van der Waals surface area contributed by atoms with Crippen LogP contribution in [0, 0.1) is 37.9 Å². The van der Waals surface area contributed by atoms with Gasteiger partial charge in [-0.1, -0.05) is 111 Å². The molecule has 0 N–H and O–H groups in total. The van der Waals surface area contributed by atoms with E-state index in [2.05, 4.69) is 111 Å². The highest BCUT2D eigenvalue weighted by molar-refractivity contribution is 4.94. The molecule has 0 aliphatic heterocycles. The molecule has 0 radical (unpaired) electrons. The molecule has 0 heterocycles.